The van der Waals surface area contributed by atoms with Crippen LogP contribution in [-0.2, 0) is 14.3 Å². The maximum atomic E-state index is 13.2. The third-order valence-corrected chi connectivity index (χ3v) is 9.42. The Labute approximate surface area is 227 Å². The van der Waals surface area contributed by atoms with E-state index in [4.69, 9.17) is 14.2 Å². The highest BCUT2D eigenvalue weighted by Crippen LogP contribution is 2.44. The summed E-state index contributed by atoms with van der Waals surface area (Å²) in [5.41, 5.74) is 1.95. The molecule has 0 amide bonds. The lowest BCUT2D eigenvalue weighted by molar-refractivity contribution is -0.166. The van der Waals surface area contributed by atoms with Gasteiger partial charge in [0.1, 0.15) is 18.5 Å². The van der Waals surface area contributed by atoms with Gasteiger partial charge < -0.3 is 14.2 Å². The van der Waals surface area contributed by atoms with Gasteiger partial charge in [0.2, 0.25) is 0 Å². The molecule has 8 atom stereocenters. The van der Waals surface area contributed by atoms with Gasteiger partial charge in [0.25, 0.3) is 0 Å². The molecule has 6 nitrogen and oxygen atoms in total. The highest BCUT2D eigenvalue weighted by atomic mass is 16.6. The molecule has 4 heterocycles. The Morgan fingerprint density at radius 2 is 2.05 bits per heavy atom. The lowest BCUT2D eigenvalue weighted by Gasteiger charge is -2.51. The minimum Gasteiger partial charge on any atom is -0.497 e. The number of carbonyl (C=O) groups excluding carboxylic acids is 1. The van der Waals surface area contributed by atoms with Gasteiger partial charge in [-0.15, -0.1) is 6.58 Å². The van der Waals surface area contributed by atoms with Crippen LogP contribution in [-0.4, -0.2) is 54.8 Å². The van der Waals surface area contributed by atoms with Crippen molar-refractivity contribution in [1.29, 1.82) is 0 Å². The van der Waals surface area contributed by atoms with Gasteiger partial charge >= 0.3 is 5.97 Å². The van der Waals surface area contributed by atoms with E-state index < -0.39 is 0 Å². The highest BCUT2D eigenvalue weighted by Gasteiger charge is 2.43. The van der Waals surface area contributed by atoms with Gasteiger partial charge in [0, 0.05) is 24.2 Å². The summed E-state index contributed by atoms with van der Waals surface area (Å²) >= 11 is 0. The summed E-state index contributed by atoms with van der Waals surface area (Å²) in [5, 5.41) is 1.01. The van der Waals surface area contributed by atoms with Crippen LogP contribution >= 0.6 is 0 Å². The molecule has 1 aliphatic carbocycles. The van der Waals surface area contributed by atoms with Crippen molar-refractivity contribution in [3.63, 3.8) is 0 Å². The minimum absolute atomic E-state index is 0.0258. The average Bonchev–Trinajstić information content (AvgIpc) is 2.93. The second-order valence-corrected chi connectivity index (χ2v) is 12.1. The van der Waals surface area contributed by atoms with E-state index in [-0.39, 0.29) is 30.8 Å². The molecular formula is C32H44N2O4. The second-order valence-electron chi connectivity index (χ2n) is 12.1. The van der Waals surface area contributed by atoms with Crippen molar-refractivity contribution in [2.45, 2.75) is 71.1 Å². The molecule has 0 spiro atoms. The van der Waals surface area contributed by atoms with E-state index >= 15 is 0 Å². The Morgan fingerprint density at radius 1 is 1.21 bits per heavy atom. The molecule has 1 aromatic heterocycles. The second kappa shape index (κ2) is 11.7. The maximum Gasteiger partial charge on any atom is 0.332 e. The smallest absolute Gasteiger partial charge is 0.332 e. The van der Waals surface area contributed by atoms with Crippen LogP contribution in [0.1, 0.15) is 64.5 Å². The van der Waals surface area contributed by atoms with Gasteiger partial charge in [0.15, 0.2) is 0 Å². The zero-order chi connectivity index (χ0) is 26.8. The van der Waals surface area contributed by atoms with Crippen LogP contribution < -0.4 is 4.74 Å². The van der Waals surface area contributed by atoms with E-state index in [1.165, 1.54) is 12.8 Å². The van der Waals surface area contributed by atoms with Gasteiger partial charge in [-0.2, -0.15) is 0 Å². The molecule has 3 saturated heterocycles. The molecule has 0 radical (unpaired) electrons. The molecule has 0 N–H and O–H groups in total. The summed E-state index contributed by atoms with van der Waals surface area (Å²) in [6.07, 6.45) is 9.15. The molecule has 4 fully saturated rings. The summed E-state index contributed by atoms with van der Waals surface area (Å²) in [6.45, 7) is 12.8. The monoisotopic (exact) mass is 520 g/mol. The van der Waals surface area contributed by atoms with Crippen LogP contribution in [0.5, 0.6) is 5.75 Å². The first-order valence-electron chi connectivity index (χ1n) is 14.5. The molecule has 1 saturated carbocycles. The van der Waals surface area contributed by atoms with Crippen LogP contribution in [0.3, 0.4) is 0 Å². The van der Waals surface area contributed by atoms with Crippen molar-refractivity contribution in [1.82, 2.24) is 9.88 Å². The first kappa shape index (κ1) is 27.1. The minimum atomic E-state index is -0.264. The van der Waals surface area contributed by atoms with Gasteiger partial charge in [-0.1, -0.05) is 33.3 Å². The van der Waals surface area contributed by atoms with Gasteiger partial charge in [-0.25, -0.2) is 4.79 Å². The highest BCUT2D eigenvalue weighted by molar-refractivity contribution is 5.84. The Bertz CT molecular complexity index is 1130. The number of hydrogen-bond acceptors (Lipinski definition) is 6. The van der Waals surface area contributed by atoms with Gasteiger partial charge in [-0.05, 0) is 91.6 Å². The molecule has 6 heteroatoms. The zero-order valence-corrected chi connectivity index (χ0v) is 23.5. The van der Waals surface area contributed by atoms with Crippen molar-refractivity contribution in [3.05, 3.63) is 48.7 Å². The summed E-state index contributed by atoms with van der Waals surface area (Å²) in [4.78, 5) is 20.3. The van der Waals surface area contributed by atoms with Crippen molar-refractivity contribution in [2.24, 2.45) is 29.6 Å². The number of nitrogens with zero attached hydrogens (tertiary/aromatic N) is 2. The van der Waals surface area contributed by atoms with Crippen LogP contribution in [0, 0.1) is 29.6 Å². The van der Waals surface area contributed by atoms with E-state index in [2.05, 4.69) is 43.3 Å². The lowest BCUT2D eigenvalue weighted by atomic mass is 9.73. The quantitative estimate of drug-likeness (QED) is 0.290. The molecule has 4 aliphatic rings. The van der Waals surface area contributed by atoms with E-state index in [1.807, 2.05) is 30.5 Å². The number of hydrogen-bond donors (Lipinski definition) is 0. The Morgan fingerprint density at radius 3 is 2.76 bits per heavy atom. The Balaban J connectivity index is 1.39. The molecule has 2 unspecified atom stereocenters. The Hall–Kier alpha value is -2.44. The number of carbonyl (C=O) groups is 1. The molecule has 206 valence electrons. The molecular weight excluding hydrogens is 476 g/mol. The summed E-state index contributed by atoms with van der Waals surface area (Å²) in [6, 6.07) is 8.19. The predicted molar refractivity (Wildman–Crippen MR) is 150 cm³/mol. The maximum absolute atomic E-state index is 13.2. The first-order valence-corrected chi connectivity index (χ1v) is 14.5. The standard InChI is InChI=1S/C32H44N2O4/c1-6-22-18-34-14-12-23(22)16-29(34)32(26-11-13-33-28-10-8-24(36-5)17-27(26)28)37-19-31(35)38-30-15-21(4)7-9-25(30)20(2)3/h6,8,10-11,13,17,20-23,25,29-30,32H,1,7,9,12,14-16,18-19H2,2-5H3/t21-,22-,23?,25+,29-,30-,32-/m1/s1. The topological polar surface area (TPSA) is 60.9 Å². The number of aromatic nitrogens is 1. The van der Waals surface area contributed by atoms with Gasteiger partial charge in [-0.3, -0.25) is 9.88 Å². The van der Waals surface area contributed by atoms with Gasteiger partial charge in [0.05, 0.1) is 18.7 Å². The number of benzene rings is 1. The summed E-state index contributed by atoms with van der Waals surface area (Å²) in [5.74, 6) is 3.14. The van der Waals surface area contributed by atoms with E-state index in [0.717, 1.165) is 54.6 Å². The number of esters is 1. The number of ether oxygens (including phenoxy) is 3. The van der Waals surface area contributed by atoms with Crippen molar-refractivity contribution in [3.8, 4) is 5.75 Å². The normalized spacial score (nSPS) is 31.8. The Kier molecular flexibility index (Phi) is 8.39. The average molecular weight is 521 g/mol. The van der Waals surface area contributed by atoms with Crippen molar-refractivity contribution < 1.29 is 19.0 Å². The number of pyridine rings is 1. The molecule has 2 aromatic rings. The molecule has 1 aromatic carbocycles. The summed E-state index contributed by atoms with van der Waals surface area (Å²) in [7, 11) is 1.68. The molecule has 2 bridgehead atoms. The number of fused-ring (bicyclic) bond motifs is 4. The van der Waals surface area contributed by atoms with Crippen LogP contribution in [0.25, 0.3) is 10.9 Å². The summed E-state index contributed by atoms with van der Waals surface area (Å²) < 4.78 is 18.2. The van der Waals surface area contributed by atoms with Crippen molar-refractivity contribution in [2.75, 3.05) is 26.8 Å². The van der Waals surface area contributed by atoms with Crippen LogP contribution in [0.2, 0.25) is 0 Å². The predicted octanol–water partition coefficient (Wildman–Crippen LogP) is 6.20. The molecule has 3 aliphatic heterocycles. The number of rotatable bonds is 9. The lowest BCUT2D eigenvalue weighted by Crippen LogP contribution is -2.55. The fraction of sp³-hybridized carbons (Fsp3) is 0.625. The third kappa shape index (κ3) is 5.62. The fourth-order valence-corrected chi connectivity index (χ4v) is 7.23. The van der Waals surface area contributed by atoms with E-state index in [0.29, 0.717) is 29.6 Å². The molecule has 6 rings (SSSR count). The largest absolute Gasteiger partial charge is 0.497 e. The third-order valence-electron chi connectivity index (χ3n) is 9.42. The van der Waals surface area contributed by atoms with E-state index in [1.54, 1.807) is 7.11 Å². The first-order chi connectivity index (χ1) is 18.4. The number of methoxy groups -OCH3 is 1. The fourth-order valence-electron chi connectivity index (χ4n) is 7.23. The van der Waals surface area contributed by atoms with Crippen LogP contribution in [0.4, 0.5) is 0 Å². The number of piperidine rings is 3. The zero-order valence-electron chi connectivity index (χ0n) is 23.5. The SMILES string of the molecule is C=C[C@@H]1CN2CCC1C[C@@H]2[C@H](OCC(=O)O[C@@H]1C[C@H](C)CC[C@H]1C(C)C)c1ccnc2ccc(OC)cc12. The van der Waals surface area contributed by atoms with E-state index in [9.17, 15) is 4.79 Å². The van der Waals surface area contributed by atoms with Crippen LogP contribution in [0.15, 0.2) is 43.1 Å². The molecule has 38 heavy (non-hydrogen) atoms. The van der Waals surface area contributed by atoms with Crippen molar-refractivity contribution >= 4 is 16.9 Å².